The highest BCUT2D eigenvalue weighted by Crippen LogP contribution is 2.02. The Kier molecular flexibility index (Phi) is 5.46. The van der Waals surface area contributed by atoms with Gasteiger partial charge in [-0.25, -0.2) is 0 Å². The molecule has 0 heterocycles. The molecule has 0 nitrogen and oxygen atoms in total. The van der Waals surface area contributed by atoms with E-state index in [0.717, 1.165) is 11.1 Å². The van der Waals surface area contributed by atoms with Crippen molar-refractivity contribution in [3.63, 3.8) is 0 Å². The van der Waals surface area contributed by atoms with E-state index < -0.39 is 0 Å². The monoisotopic (exact) mass is 176 g/mol. The summed E-state index contributed by atoms with van der Waals surface area (Å²) in [6.45, 7) is 3.84. The molecule has 0 aromatic carbocycles. The molecule has 0 bridgehead atoms. The van der Waals surface area contributed by atoms with Gasteiger partial charge in [0.15, 0.2) is 0 Å². The zero-order valence-corrected chi connectivity index (χ0v) is 7.58. The van der Waals surface area contributed by atoms with Crippen LogP contribution in [0, 0.1) is 0 Å². The zero-order valence-electron chi connectivity index (χ0n) is 6.07. The number of hydrogen-bond donors (Lipinski definition) is 0. The van der Waals surface area contributed by atoms with E-state index in [1.54, 1.807) is 0 Å². The van der Waals surface area contributed by atoms with Crippen LogP contribution < -0.4 is 0 Å². The number of hydrogen-bond acceptors (Lipinski definition) is 0. The van der Waals surface area contributed by atoms with Gasteiger partial charge in [-0.2, -0.15) is 0 Å². The molecule has 0 rings (SSSR count). The topological polar surface area (TPSA) is 0 Å². The number of halogens is 2. The summed E-state index contributed by atoms with van der Waals surface area (Å²) in [5.74, 6) is 0. The van der Waals surface area contributed by atoms with E-state index in [1.165, 1.54) is 11.1 Å². The van der Waals surface area contributed by atoms with Crippen LogP contribution in [0.15, 0.2) is 34.4 Å². The first kappa shape index (κ1) is 9.80. The Morgan fingerprint density at radius 3 is 1.40 bits per heavy atom. The normalized spacial score (nSPS) is 14.8. The summed E-state index contributed by atoms with van der Waals surface area (Å²) < 4.78 is 0. The van der Waals surface area contributed by atoms with Gasteiger partial charge in [-0.15, -0.1) is 0 Å². The average molecular weight is 177 g/mol. The minimum absolute atomic E-state index is 1.01. The Hall–Kier alpha value is -0.200. The van der Waals surface area contributed by atoms with Crippen molar-refractivity contribution < 1.29 is 0 Å². The first-order valence-corrected chi connectivity index (χ1v) is 3.80. The molecule has 0 aliphatic carbocycles. The lowest BCUT2D eigenvalue weighted by atomic mass is 10.2. The average Bonchev–Trinajstić information content (AvgIpc) is 1.99. The van der Waals surface area contributed by atoms with E-state index >= 15 is 0 Å². The molecule has 0 aliphatic heterocycles. The van der Waals surface area contributed by atoms with Crippen LogP contribution in [0.1, 0.15) is 13.8 Å². The lowest BCUT2D eigenvalue weighted by Gasteiger charge is -1.87. The minimum Gasteiger partial charge on any atom is -0.0927 e. The summed E-state index contributed by atoms with van der Waals surface area (Å²) in [7, 11) is 0. The van der Waals surface area contributed by atoms with Crippen LogP contribution in [0.3, 0.4) is 0 Å². The second kappa shape index (κ2) is 5.57. The Balaban J connectivity index is 4.01. The van der Waals surface area contributed by atoms with Crippen molar-refractivity contribution in [3.05, 3.63) is 34.4 Å². The molecular weight excluding hydrogens is 167 g/mol. The van der Waals surface area contributed by atoms with Gasteiger partial charge in [0.1, 0.15) is 0 Å². The third kappa shape index (κ3) is 4.66. The molecule has 0 amide bonds. The highest BCUT2D eigenvalue weighted by molar-refractivity contribution is 6.26. The zero-order chi connectivity index (χ0) is 7.98. The maximum atomic E-state index is 5.41. The summed E-state index contributed by atoms with van der Waals surface area (Å²) in [5.41, 5.74) is 5.08. The lowest BCUT2D eigenvalue weighted by molar-refractivity contribution is 1.49. The second-order valence-corrected chi connectivity index (χ2v) is 2.48. The van der Waals surface area contributed by atoms with Crippen LogP contribution >= 0.6 is 23.2 Å². The molecule has 10 heavy (non-hydrogen) atoms. The molecule has 0 aliphatic rings. The van der Waals surface area contributed by atoms with Gasteiger partial charge in [-0.1, -0.05) is 35.4 Å². The van der Waals surface area contributed by atoms with E-state index in [2.05, 4.69) is 0 Å². The first-order chi connectivity index (χ1) is 4.70. The van der Waals surface area contributed by atoms with Crippen molar-refractivity contribution in [2.75, 3.05) is 0 Å². The highest BCUT2D eigenvalue weighted by atomic mass is 35.5. The summed E-state index contributed by atoms with van der Waals surface area (Å²) in [6.07, 6.45) is 3.81. The molecular formula is C8H10Cl2. The van der Waals surface area contributed by atoms with Crippen LogP contribution in [0.2, 0.25) is 0 Å². The number of rotatable bonds is 2. The molecule has 0 spiro atoms. The van der Waals surface area contributed by atoms with Gasteiger partial charge >= 0.3 is 0 Å². The Morgan fingerprint density at radius 2 is 1.20 bits per heavy atom. The van der Waals surface area contributed by atoms with Gasteiger partial charge in [-0.3, -0.25) is 0 Å². The van der Waals surface area contributed by atoms with Gasteiger partial charge in [0.2, 0.25) is 0 Å². The van der Waals surface area contributed by atoms with Crippen LogP contribution in [0.25, 0.3) is 0 Å². The van der Waals surface area contributed by atoms with E-state index in [4.69, 9.17) is 23.2 Å². The Morgan fingerprint density at radius 1 is 0.900 bits per heavy atom. The third-order valence-electron chi connectivity index (χ3n) is 0.953. The summed E-state index contributed by atoms with van der Waals surface area (Å²) >= 11 is 10.8. The van der Waals surface area contributed by atoms with E-state index in [-0.39, 0.29) is 0 Å². The number of allylic oxidation sites excluding steroid dienone is 4. The lowest BCUT2D eigenvalue weighted by Crippen LogP contribution is -1.66. The van der Waals surface area contributed by atoms with E-state index in [1.807, 2.05) is 26.0 Å². The second-order valence-electron chi connectivity index (χ2n) is 2.04. The van der Waals surface area contributed by atoms with Crippen LogP contribution in [-0.2, 0) is 0 Å². The van der Waals surface area contributed by atoms with Gasteiger partial charge in [0, 0.05) is 11.1 Å². The first-order valence-electron chi connectivity index (χ1n) is 2.92. The molecule has 0 aromatic rings. The Labute approximate surface area is 71.8 Å². The predicted molar refractivity (Wildman–Crippen MR) is 48.4 cm³/mol. The fourth-order valence-electron chi connectivity index (χ4n) is 0.336. The van der Waals surface area contributed by atoms with Crippen molar-refractivity contribution in [1.29, 1.82) is 0 Å². The molecule has 2 heteroatoms. The molecule has 0 radical (unpaired) electrons. The van der Waals surface area contributed by atoms with Crippen molar-refractivity contribution in [3.8, 4) is 0 Å². The van der Waals surface area contributed by atoms with Crippen molar-refractivity contribution in [1.82, 2.24) is 0 Å². The van der Waals surface area contributed by atoms with Crippen LogP contribution in [-0.4, -0.2) is 0 Å². The SMILES string of the molecule is CC(C=CC(C)=CCl)=CCl. The molecule has 0 unspecified atom stereocenters. The Bertz CT molecular complexity index is 156. The standard InChI is InChI=1S/C8H10Cl2/c1-7(5-9)3-4-8(2)6-10/h3-6H,1-2H3. The smallest absolute Gasteiger partial charge is 0.00717 e. The van der Waals surface area contributed by atoms with Gasteiger partial charge in [0.25, 0.3) is 0 Å². The van der Waals surface area contributed by atoms with Gasteiger partial charge < -0.3 is 0 Å². The van der Waals surface area contributed by atoms with Crippen LogP contribution in [0.5, 0.6) is 0 Å². The largest absolute Gasteiger partial charge is 0.0927 e. The molecule has 0 aromatic heterocycles. The quantitative estimate of drug-likeness (QED) is 0.562. The van der Waals surface area contributed by atoms with Gasteiger partial charge in [-0.05, 0) is 25.0 Å². The maximum Gasteiger partial charge on any atom is 0.00717 e. The molecule has 0 N–H and O–H groups in total. The summed E-state index contributed by atoms with van der Waals surface area (Å²) in [5, 5.41) is 0. The fraction of sp³-hybridized carbons (Fsp3) is 0.250. The molecule has 0 atom stereocenters. The molecule has 0 fully saturated rings. The van der Waals surface area contributed by atoms with E-state index in [9.17, 15) is 0 Å². The summed E-state index contributed by atoms with van der Waals surface area (Å²) in [6, 6.07) is 0. The van der Waals surface area contributed by atoms with Crippen LogP contribution in [0.4, 0.5) is 0 Å². The predicted octanol–water partition coefficient (Wildman–Crippen LogP) is 3.83. The van der Waals surface area contributed by atoms with Crippen molar-refractivity contribution >= 4 is 23.2 Å². The maximum absolute atomic E-state index is 5.41. The third-order valence-corrected chi connectivity index (χ3v) is 1.64. The van der Waals surface area contributed by atoms with Crippen molar-refractivity contribution in [2.45, 2.75) is 13.8 Å². The molecule has 56 valence electrons. The fourth-order valence-corrected chi connectivity index (χ4v) is 0.481. The van der Waals surface area contributed by atoms with E-state index in [0.29, 0.717) is 0 Å². The van der Waals surface area contributed by atoms with Crippen molar-refractivity contribution in [2.24, 2.45) is 0 Å². The van der Waals surface area contributed by atoms with Gasteiger partial charge in [0.05, 0.1) is 0 Å². The molecule has 0 saturated heterocycles. The highest BCUT2D eigenvalue weighted by Gasteiger charge is 1.79. The molecule has 0 saturated carbocycles. The minimum atomic E-state index is 1.01. The summed E-state index contributed by atoms with van der Waals surface area (Å²) in [4.78, 5) is 0.